The number of ether oxygens (including phenoxy) is 6. The zero-order chi connectivity index (χ0) is 39.9. The van der Waals surface area contributed by atoms with Crippen molar-refractivity contribution in [2.75, 3.05) is 20.8 Å². The molecule has 2 saturated heterocycles. The second-order valence-corrected chi connectivity index (χ2v) is 13.8. The Balaban J connectivity index is 1.35. The molecule has 294 valence electrons. The standard InChI is InChI=1S/C37H38O18/c1-10-5-16-22(29(45)19(10)35(49)51-4)21-14(8-15-23(30(21)46)26(42)13-6-12(50-3)7-17(38)20(13)25(15)41)27(43)33(16)54-37-32(48)34(24(40)11(2)53-37)55-36-31(47)28(44)18(39)9-52-36/h5-8,11,18,24,27-28,31-34,36-40,43-48H,9H2,1-4H3/t11-,18-,24+,27+,28+,31-,32-,33+,34+,36+,37+/m1/s1. The van der Waals surface area contributed by atoms with Crippen molar-refractivity contribution >= 4 is 17.5 Å². The van der Waals surface area contributed by atoms with Gasteiger partial charge >= 0.3 is 5.97 Å². The molecule has 7 rings (SSSR count). The molecular formula is C37H38O18. The first-order valence-corrected chi connectivity index (χ1v) is 17.0. The average molecular weight is 771 g/mol. The van der Waals surface area contributed by atoms with Crippen molar-refractivity contribution in [3.8, 4) is 34.1 Å². The topological polar surface area (TPSA) is 289 Å². The van der Waals surface area contributed by atoms with E-state index in [1.165, 1.54) is 33.1 Å². The zero-order valence-electron chi connectivity index (χ0n) is 29.6. The van der Waals surface area contributed by atoms with Crippen LogP contribution < -0.4 is 4.74 Å². The Labute approximate surface area is 311 Å². The van der Waals surface area contributed by atoms with E-state index in [0.717, 1.165) is 19.2 Å². The predicted octanol–water partition coefficient (Wildman–Crippen LogP) is -0.255. The molecule has 0 aromatic heterocycles. The highest BCUT2D eigenvalue weighted by Crippen LogP contribution is 2.57. The first-order valence-electron chi connectivity index (χ1n) is 17.0. The van der Waals surface area contributed by atoms with Gasteiger partial charge in [-0.3, -0.25) is 9.59 Å². The molecule has 0 spiro atoms. The molecule has 0 amide bonds. The molecule has 0 radical (unpaired) electrons. The lowest BCUT2D eigenvalue weighted by Gasteiger charge is -2.45. The number of fused-ring (bicyclic) bond motifs is 5. The van der Waals surface area contributed by atoms with Gasteiger partial charge in [-0.15, -0.1) is 0 Å². The summed E-state index contributed by atoms with van der Waals surface area (Å²) in [6.45, 7) is 2.39. The van der Waals surface area contributed by atoms with E-state index in [4.69, 9.17) is 28.4 Å². The largest absolute Gasteiger partial charge is 0.507 e. The number of carbonyl (C=O) groups is 3. The van der Waals surface area contributed by atoms with Gasteiger partial charge in [0.1, 0.15) is 77.4 Å². The molecule has 55 heavy (non-hydrogen) atoms. The van der Waals surface area contributed by atoms with Gasteiger partial charge in [-0.1, -0.05) is 6.07 Å². The Morgan fingerprint density at radius 1 is 0.745 bits per heavy atom. The number of methoxy groups -OCH3 is 2. The quantitative estimate of drug-likeness (QED) is 0.114. The summed E-state index contributed by atoms with van der Waals surface area (Å²) in [5, 5.41) is 99.2. The van der Waals surface area contributed by atoms with E-state index < -0.39 is 126 Å². The number of hydrogen-bond acceptors (Lipinski definition) is 18. The molecule has 9 N–H and O–H groups in total. The Morgan fingerprint density at radius 3 is 2.07 bits per heavy atom. The van der Waals surface area contributed by atoms with Gasteiger partial charge in [-0.25, -0.2) is 4.79 Å². The number of phenols is 3. The fraction of sp³-hybridized carbons (Fsp3) is 0.432. The SMILES string of the molecule is COC(=O)c1c(C)cc2c(c1O)-c1c(cc3c(c1O)C(=O)c1cc(OC)cc(O)c1C3=O)[C@H](O)[C@H]2O[C@@H]1O[C@H](C)[C@H](O)[C@H](O[C@@H]2OC[C@@H](O)[C@H](O)[C@H]2O)[C@H]1O. The van der Waals surface area contributed by atoms with Crippen LogP contribution in [0.1, 0.15) is 78.0 Å². The molecular weight excluding hydrogens is 732 g/mol. The maximum absolute atomic E-state index is 14.0. The molecule has 2 heterocycles. The van der Waals surface area contributed by atoms with E-state index in [0.29, 0.717) is 0 Å². The second kappa shape index (κ2) is 14.1. The first-order chi connectivity index (χ1) is 26.0. The number of aromatic hydroxyl groups is 3. The van der Waals surface area contributed by atoms with E-state index in [-0.39, 0.29) is 44.7 Å². The van der Waals surface area contributed by atoms with Crippen LogP contribution in [0, 0.1) is 6.92 Å². The van der Waals surface area contributed by atoms with Crippen LogP contribution in [0.25, 0.3) is 11.1 Å². The average Bonchev–Trinajstić information content (AvgIpc) is 3.15. The Kier molecular flexibility index (Phi) is 9.87. The van der Waals surface area contributed by atoms with Gasteiger partial charge in [-0.2, -0.15) is 0 Å². The van der Waals surface area contributed by atoms with Crippen LogP contribution in [0.5, 0.6) is 23.0 Å². The number of carbonyl (C=O) groups excluding carboxylic acids is 3. The maximum Gasteiger partial charge on any atom is 0.341 e. The number of ketones is 2. The number of benzene rings is 3. The van der Waals surface area contributed by atoms with Gasteiger partial charge in [-0.05, 0) is 42.7 Å². The third-order valence-electron chi connectivity index (χ3n) is 10.5. The van der Waals surface area contributed by atoms with E-state index in [1.807, 2.05) is 0 Å². The summed E-state index contributed by atoms with van der Waals surface area (Å²) in [7, 11) is 2.35. The predicted molar refractivity (Wildman–Crippen MR) is 181 cm³/mol. The highest BCUT2D eigenvalue weighted by Gasteiger charge is 2.51. The summed E-state index contributed by atoms with van der Waals surface area (Å²) in [5.41, 5.74) is -2.89. The molecule has 3 aromatic carbocycles. The minimum Gasteiger partial charge on any atom is -0.507 e. The number of hydrogen-bond donors (Lipinski definition) is 9. The summed E-state index contributed by atoms with van der Waals surface area (Å²) in [5.74, 6) is -4.96. The highest BCUT2D eigenvalue weighted by molar-refractivity contribution is 6.31. The van der Waals surface area contributed by atoms with E-state index in [1.54, 1.807) is 0 Å². The number of aryl methyl sites for hydroxylation is 1. The fourth-order valence-electron chi connectivity index (χ4n) is 7.62. The minimum absolute atomic E-state index is 0.0373. The second-order valence-electron chi connectivity index (χ2n) is 13.8. The van der Waals surface area contributed by atoms with Gasteiger partial charge in [0.2, 0.25) is 0 Å². The van der Waals surface area contributed by atoms with Crippen molar-refractivity contribution < 1.29 is 88.8 Å². The summed E-state index contributed by atoms with van der Waals surface area (Å²) in [4.78, 5) is 40.8. The third-order valence-corrected chi connectivity index (χ3v) is 10.5. The van der Waals surface area contributed by atoms with E-state index in [2.05, 4.69) is 0 Å². The number of phenolic OH excluding ortho intramolecular Hbond substituents is 3. The third kappa shape index (κ3) is 5.93. The molecule has 0 bridgehead atoms. The van der Waals surface area contributed by atoms with Gasteiger partial charge in [0.25, 0.3) is 0 Å². The van der Waals surface area contributed by atoms with Crippen LogP contribution in [-0.4, -0.2) is 140 Å². The van der Waals surface area contributed by atoms with Crippen LogP contribution in [0.4, 0.5) is 0 Å². The highest BCUT2D eigenvalue weighted by atomic mass is 16.7. The van der Waals surface area contributed by atoms with Gasteiger partial charge in [0, 0.05) is 28.3 Å². The van der Waals surface area contributed by atoms with Crippen LogP contribution in [0.15, 0.2) is 24.3 Å². The lowest BCUT2D eigenvalue weighted by Crippen LogP contribution is -2.62. The number of aliphatic hydroxyl groups excluding tert-OH is 6. The van der Waals surface area contributed by atoms with E-state index in [9.17, 15) is 60.3 Å². The molecule has 2 aliphatic heterocycles. The summed E-state index contributed by atoms with van der Waals surface area (Å²) in [6, 6.07) is 4.74. The molecule has 0 saturated carbocycles. The molecule has 18 heteroatoms. The van der Waals surface area contributed by atoms with E-state index >= 15 is 0 Å². The summed E-state index contributed by atoms with van der Waals surface area (Å²) >= 11 is 0. The Bertz CT molecular complexity index is 2100. The molecule has 2 aliphatic carbocycles. The number of aliphatic hydroxyl groups is 6. The van der Waals surface area contributed by atoms with Crippen LogP contribution in [-0.2, 0) is 23.7 Å². The lowest BCUT2D eigenvalue weighted by atomic mass is 9.74. The fourth-order valence-corrected chi connectivity index (χ4v) is 7.62. The van der Waals surface area contributed by atoms with Gasteiger partial charge < -0.3 is 74.4 Å². The van der Waals surface area contributed by atoms with Crippen molar-refractivity contribution in [2.45, 2.75) is 81.4 Å². The molecule has 3 aromatic rings. The van der Waals surface area contributed by atoms with Crippen LogP contribution >= 0.6 is 0 Å². The normalized spacial score (nSPS) is 31.2. The first kappa shape index (κ1) is 38.5. The molecule has 2 fully saturated rings. The molecule has 11 atom stereocenters. The van der Waals surface area contributed by atoms with Crippen molar-refractivity contribution in [1.29, 1.82) is 0 Å². The van der Waals surface area contributed by atoms with Gasteiger partial charge in [0.05, 0.1) is 38.1 Å². The molecule has 18 nitrogen and oxygen atoms in total. The minimum atomic E-state index is -1.90. The summed E-state index contributed by atoms with van der Waals surface area (Å²) in [6.07, 6.45) is -18.0. The van der Waals surface area contributed by atoms with Crippen molar-refractivity contribution in [3.05, 3.63) is 68.8 Å². The van der Waals surface area contributed by atoms with Gasteiger partial charge in [0.15, 0.2) is 24.1 Å². The number of rotatable bonds is 6. The van der Waals surface area contributed by atoms with Crippen molar-refractivity contribution in [3.63, 3.8) is 0 Å². The summed E-state index contributed by atoms with van der Waals surface area (Å²) < 4.78 is 33.0. The lowest BCUT2D eigenvalue weighted by molar-refractivity contribution is -0.353. The molecule has 0 unspecified atom stereocenters. The maximum atomic E-state index is 14.0. The van der Waals surface area contributed by atoms with Crippen LogP contribution in [0.2, 0.25) is 0 Å². The van der Waals surface area contributed by atoms with Crippen LogP contribution in [0.3, 0.4) is 0 Å². The Morgan fingerprint density at radius 2 is 1.40 bits per heavy atom. The monoisotopic (exact) mass is 770 g/mol. The number of esters is 1. The Hall–Kier alpha value is -4.73. The zero-order valence-corrected chi connectivity index (χ0v) is 29.6. The smallest absolute Gasteiger partial charge is 0.341 e. The molecule has 4 aliphatic rings. The van der Waals surface area contributed by atoms with Crippen molar-refractivity contribution in [1.82, 2.24) is 0 Å². The van der Waals surface area contributed by atoms with Crippen molar-refractivity contribution in [2.24, 2.45) is 0 Å².